The maximum absolute atomic E-state index is 12.7. The lowest BCUT2D eigenvalue weighted by Crippen LogP contribution is -2.46. The van der Waals surface area contributed by atoms with Crippen LogP contribution in [0.25, 0.3) is 0 Å². The van der Waals surface area contributed by atoms with Crippen molar-refractivity contribution in [2.24, 2.45) is 5.92 Å². The molecule has 1 amide bonds. The molecule has 138 valence electrons. The number of halogens is 1. The molecule has 1 saturated carbocycles. The van der Waals surface area contributed by atoms with Crippen LogP contribution in [0.15, 0.2) is 28.8 Å². The number of benzene rings is 1. The molecule has 0 spiro atoms. The minimum atomic E-state index is -0.0416. The highest BCUT2D eigenvalue weighted by molar-refractivity contribution is 6.31. The maximum Gasteiger partial charge on any atom is 0.227 e. The third-order valence-corrected chi connectivity index (χ3v) is 6.12. The summed E-state index contributed by atoms with van der Waals surface area (Å²) in [5.41, 5.74) is 0.850. The summed E-state index contributed by atoms with van der Waals surface area (Å²) in [4.78, 5) is 19.2. The number of hydrogen-bond acceptors (Lipinski definition) is 4. The maximum atomic E-state index is 12.7. The summed E-state index contributed by atoms with van der Waals surface area (Å²) in [5.74, 6) is 2.37. The van der Waals surface area contributed by atoms with E-state index < -0.39 is 0 Å². The summed E-state index contributed by atoms with van der Waals surface area (Å²) in [6.07, 6.45) is 5.87. The Balaban J connectivity index is 1.44. The highest BCUT2D eigenvalue weighted by Gasteiger charge is 2.44. The van der Waals surface area contributed by atoms with Crippen LogP contribution in [0.4, 0.5) is 0 Å². The summed E-state index contributed by atoms with van der Waals surface area (Å²) in [7, 11) is 0. The normalized spacial score (nSPS) is 19.5. The zero-order valence-electron chi connectivity index (χ0n) is 15.1. The second kappa shape index (κ2) is 7.03. The summed E-state index contributed by atoms with van der Waals surface area (Å²) < 4.78 is 5.25. The first kappa shape index (κ1) is 17.5. The van der Waals surface area contributed by atoms with Crippen molar-refractivity contribution in [3.8, 4) is 0 Å². The van der Waals surface area contributed by atoms with E-state index >= 15 is 0 Å². The van der Waals surface area contributed by atoms with Crippen LogP contribution in [0.5, 0.6) is 0 Å². The van der Waals surface area contributed by atoms with Gasteiger partial charge in [-0.25, -0.2) is 0 Å². The van der Waals surface area contributed by atoms with Gasteiger partial charge in [0.05, 0.1) is 6.42 Å². The van der Waals surface area contributed by atoms with Crippen molar-refractivity contribution >= 4 is 17.5 Å². The lowest BCUT2D eigenvalue weighted by molar-refractivity contribution is -0.132. The number of nitrogens with zero attached hydrogens (tertiary/aromatic N) is 3. The van der Waals surface area contributed by atoms with Crippen molar-refractivity contribution in [2.75, 3.05) is 13.1 Å². The van der Waals surface area contributed by atoms with Crippen LogP contribution >= 0.6 is 11.6 Å². The molecule has 0 atom stereocenters. The Kier molecular flexibility index (Phi) is 4.74. The van der Waals surface area contributed by atoms with Gasteiger partial charge in [0.1, 0.15) is 0 Å². The molecule has 0 unspecified atom stereocenters. The minimum absolute atomic E-state index is 0.0416. The van der Waals surface area contributed by atoms with E-state index in [0.717, 1.165) is 49.7 Å². The molecule has 2 aliphatic rings. The molecule has 4 rings (SSSR count). The van der Waals surface area contributed by atoms with Gasteiger partial charge in [0, 0.05) is 30.5 Å². The second-order valence-corrected chi connectivity index (χ2v) is 8.12. The highest BCUT2D eigenvalue weighted by atomic mass is 35.5. The standard InChI is InChI=1S/C20H24ClN3O2/c1-14-22-19(23-26-14)20(13-15-6-7-15)8-10-24(11-9-20)18(25)12-16-4-2-3-5-17(16)21/h2-5,15H,6-13H2,1H3. The van der Waals surface area contributed by atoms with E-state index in [1.165, 1.54) is 12.8 Å². The van der Waals surface area contributed by atoms with Crippen molar-refractivity contribution in [1.82, 2.24) is 15.0 Å². The summed E-state index contributed by atoms with van der Waals surface area (Å²) in [6, 6.07) is 7.56. The van der Waals surface area contributed by atoms with E-state index in [4.69, 9.17) is 16.1 Å². The molecule has 0 bridgehead atoms. The topological polar surface area (TPSA) is 59.2 Å². The number of aromatic nitrogens is 2. The fourth-order valence-corrected chi connectivity index (χ4v) is 4.21. The van der Waals surface area contributed by atoms with Crippen molar-refractivity contribution in [3.63, 3.8) is 0 Å². The van der Waals surface area contributed by atoms with Gasteiger partial charge in [-0.2, -0.15) is 4.98 Å². The Morgan fingerprint density at radius 2 is 2.04 bits per heavy atom. The number of aryl methyl sites for hydroxylation is 1. The van der Waals surface area contributed by atoms with Crippen LogP contribution in [-0.4, -0.2) is 34.0 Å². The van der Waals surface area contributed by atoms with Gasteiger partial charge in [0.2, 0.25) is 11.8 Å². The second-order valence-electron chi connectivity index (χ2n) is 7.71. The van der Waals surface area contributed by atoms with E-state index in [9.17, 15) is 4.79 Å². The number of rotatable bonds is 5. The average molecular weight is 374 g/mol. The summed E-state index contributed by atoms with van der Waals surface area (Å²) in [5, 5.41) is 4.89. The average Bonchev–Trinajstić information content (AvgIpc) is 3.34. The number of piperidine rings is 1. The van der Waals surface area contributed by atoms with Crippen molar-refractivity contribution < 1.29 is 9.32 Å². The SMILES string of the molecule is Cc1nc(C2(CC3CC3)CCN(C(=O)Cc3ccccc3Cl)CC2)no1. The molecule has 6 heteroatoms. The number of carbonyl (C=O) groups is 1. The van der Waals surface area contributed by atoms with Gasteiger partial charge in [-0.3, -0.25) is 4.79 Å². The Morgan fingerprint density at radius 3 is 2.65 bits per heavy atom. The lowest BCUT2D eigenvalue weighted by atomic mass is 9.73. The minimum Gasteiger partial charge on any atom is -0.342 e. The van der Waals surface area contributed by atoms with E-state index in [2.05, 4.69) is 10.1 Å². The molecule has 1 aliphatic heterocycles. The summed E-state index contributed by atoms with van der Waals surface area (Å²) in [6.45, 7) is 3.32. The van der Waals surface area contributed by atoms with E-state index in [-0.39, 0.29) is 11.3 Å². The Morgan fingerprint density at radius 1 is 1.31 bits per heavy atom. The van der Waals surface area contributed by atoms with Gasteiger partial charge in [-0.15, -0.1) is 0 Å². The number of likely N-dealkylation sites (tertiary alicyclic amines) is 1. The van der Waals surface area contributed by atoms with Crippen LogP contribution in [0.1, 0.15) is 49.4 Å². The number of carbonyl (C=O) groups excluding carboxylic acids is 1. The molecule has 2 aromatic rings. The Labute approximate surface area is 158 Å². The third-order valence-electron chi connectivity index (χ3n) is 5.75. The van der Waals surface area contributed by atoms with Gasteiger partial charge >= 0.3 is 0 Å². The lowest BCUT2D eigenvalue weighted by Gasteiger charge is -2.40. The molecule has 26 heavy (non-hydrogen) atoms. The first-order valence-corrected chi connectivity index (χ1v) is 9.75. The largest absolute Gasteiger partial charge is 0.342 e. The fourth-order valence-electron chi connectivity index (χ4n) is 4.01. The summed E-state index contributed by atoms with van der Waals surface area (Å²) >= 11 is 6.20. The molecule has 1 aromatic carbocycles. The Bertz CT molecular complexity index is 792. The molecular weight excluding hydrogens is 350 g/mol. The van der Waals surface area contributed by atoms with Crippen molar-refractivity contribution in [1.29, 1.82) is 0 Å². The van der Waals surface area contributed by atoms with Crippen LogP contribution in [-0.2, 0) is 16.6 Å². The molecule has 1 saturated heterocycles. The zero-order chi connectivity index (χ0) is 18.1. The molecule has 0 N–H and O–H groups in total. The molecular formula is C20H24ClN3O2. The van der Waals surface area contributed by atoms with E-state index in [1.54, 1.807) is 0 Å². The molecule has 2 heterocycles. The van der Waals surface area contributed by atoms with Gasteiger partial charge in [0.15, 0.2) is 5.82 Å². The van der Waals surface area contributed by atoms with E-state index in [1.807, 2.05) is 36.1 Å². The van der Waals surface area contributed by atoms with Crippen molar-refractivity contribution in [2.45, 2.75) is 50.9 Å². The van der Waals surface area contributed by atoms with E-state index in [0.29, 0.717) is 17.3 Å². The van der Waals surface area contributed by atoms with Crippen molar-refractivity contribution in [3.05, 3.63) is 46.6 Å². The molecule has 0 radical (unpaired) electrons. The van der Waals surface area contributed by atoms with Gasteiger partial charge < -0.3 is 9.42 Å². The Hall–Kier alpha value is -1.88. The third kappa shape index (κ3) is 3.63. The highest BCUT2D eigenvalue weighted by Crippen LogP contribution is 2.46. The predicted molar refractivity (Wildman–Crippen MR) is 99.0 cm³/mol. The zero-order valence-corrected chi connectivity index (χ0v) is 15.8. The molecule has 1 aliphatic carbocycles. The van der Waals surface area contributed by atoms with Gasteiger partial charge in [0.25, 0.3) is 0 Å². The number of amides is 1. The smallest absolute Gasteiger partial charge is 0.227 e. The molecule has 5 nitrogen and oxygen atoms in total. The molecule has 2 fully saturated rings. The first-order chi connectivity index (χ1) is 12.6. The van der Waals surface area contributed by atoms with Crippen LogP contribution < -0.4 is 0 Å². The van der Waals surface area contributed by atoms with Crippen LogP contribution in [0, 0.1) is 12.8 Å². The molecule has 1 aromatic heterocycles. The fraction of sp³-hybridized carbons (Fsp3) is 0.550. The number of hydrogen-bond donors (Lipinski definition) is 0. The monoisotopic (exact) mass is 373 g/mol. The van der Waals surface area contributed by atoms with Crippen LogP contribution in [0.3, 0.4) is 0 Å². The first-order valence-electron chi connectivity index (χ1n) is 9.38. The predicted octanol–water partition coefficient (Wildman–Crippen LogP) is 3.93. The van der Waals surface area contributed by atoms with Gasteiger partial charge in [-0.05, 0) is 36.8 Å². The van der Waals surface area contributed by atoms with Gasteiger partial charge in [-0.1, -0.05) is 47.8 Å². The quantitative estimate of drug-likeness (QED) is 0.796. The van der Waals surface area contributed by atoms with Crippen LogP contribution in [0.2, 0.25) is 5.02 Å².